The number of rotatable bonds is 5. The summed E-state index contributed by atoms with van der Waals surface area (Å²) < 4.78 is 0. The Morgan fingerprint density at radius 2 is 1.58 bits per heavy atom. The number of hydrogen-bond acceptors (Lipinski definition) is 2. The highest BCUT2D eigenvalue weighted by atomic mass is 16.3. The van der Waals surface area contributed by atoms with Gasteiger partial charge in [-0.3, -0.25) is 0 Å². The van der Waals surface area contributed by atoms with Crippen molar-refractivity contribution in [1.82, 2.24) is 0 Å². The van der Waals surface area contributed by atoms with Crippen molar-refractivity contribution < 1.29 is 10.2 Å². The third-order valence-corrected chi connectivity index (χ3v) is 10.0. The fraction of sp³-hybridized carbons (Fsp3) is 1.00. The van der Waals surface area contributed by atoms with E-state index in [0.29, 0.717) is 17.4 Å². The first-order valence-electron chi connectivity index (χ1n) is 11.8. The summed E-state index contributed by atoms with van der Waals surface area (Å²) in [5.74, 6) is 4.58. The number of aliphatic hydroxyl groups is 2. The molecule has 0 amide bonds. The molecule has 0 saturated heterocycles. The average Bonchev–Trinajstić information content (AvgIpc) is 2.96. The first-order chi connectivity index (χ1) is 12.5. The van der Waals surface area contributed by atoms with E-state index in [1.165, 1.54) is 64.2 Å². The van der Waals surface area contributed by atoms with E-state index in [2.05, 4.69) is 13.8 Å². The van der Waals surface area contributed by atoms with Crippen molar-refractivity contribution in [2.75, 3.05) is 6.61 Å². The van der Waals surface area contributed by atoms with Gasteiger partial charge in [0.05, 0.1) is 6.10 Å². The molecule has 0 aromatic rings. The Bertz CT molecular complexity index is 491. The van der Waals surface area contributed by atoms with Crippen LogP contribution < -0.4 is 0 Å². The van der Waals surface area contributed by atoms with Crippen molar-refractivity contribution in [3.63, 3.8) is 0 Å². The highest BCUT2D eigenvalue weighted by molar-refractivity contribution is 5.09. The van der Waals surface area contributed by atoms with Crippen LogP contribution in [0.15, 0.2) is 0 Å². The summed E-state index contributed by atoms with van der Waals surface area (Å²) in [7, 11) is 0. The second-order valence-corrected chi connectivity index (χ2v) is 11.0. The van der Waals surface area contributed by atoms with Crippen LogP contribution >= 0.6 is 0 Å². The molecule has 0 bridgehead atoms. The standard InChI is InChI=1S/C24H42O2/c1-23-14-12-22-20(9-7-18-16-19(26)11-13-24(18,22)2)21(23)10-8-17(23)6-4-3-5-15-25/h17-22,25-26H,3-16H2,1-2H3. The molecule has 2 heteroatoms. The molecule has 8 atom stereocenters. The summed E-state index contributed by atoms with van der Waals surface area (Å²) in [6.07, 6.45) is 17.0. The smallest absolute Gasteiger partial charge is 0.0543 e. The van der Waals surface area contributed by atoms with Crippen molar-refractivity contribution in [3.8, 4) is 0 Å². The van der Waals surface area contributed by atoms with Gasteiger partial charge < -0.3 is 10.2 Å². The van der Waals surface area contributed by atoms with Crippen molar-refractivity contribution in [2.24, 2.45) is 40.4 Å². The molecule has 0 aromatic carbocycles. The van der Waals surface area contributed by atoms with Crippen LogP contribution in [0.4, 0.5) is 0 Å². The van der Waals surface area contributed by atoms with Crippen LogP contribution in [0.25, 0.3) is 0 Å². The maximum Gasteiger partial charge on any atom is 0.0543 e. The normalized spacial score (nSPS) is 50.8. The molecule has 0 aromatic heterocycles. The predicted molar refractivity (Wildman–Crippen MR) is 107 cm³/mol. The molecule has 2 nitrogen and oxygen atoms in total. The van der Waals surface area contributed by atoms with Gasteiger partial charge in [-0.15, -0.1) is 0 Å². The molecule has 150 valence electrons. The second kappa shape index (κ2) is 7.39. The summed E-state index contributed by atoms with van der Waals surface area (Å²) in [6.45, 7) is 5.61. The van der Waals surface area contributed by atoms with E-state index in [1.54, 1.807) is 0 Å². The highest BCUT2D eigenvalue weighted by Gasteiger charge is 2.59. The van der Waals surface area contributed by atoms with Gasteiger partial charge in [-0.05, 0) is 111 Å². The first-order valence-corrected chi connectivity index (χ1v) is 11.8. The average molecular weight is 363 g/mol. The lowest BCUT2D eigenvalue weighted by molar-refractivity contribution is -0.127. The highest BCUT2D eigenvalue weighted by Crippen LogP contribution is 2.67. The molecule has 0 heterocycles. The number of fused-ring (bicyclic) bond motifs is 5. The lowest BCUT2D eigenvalue weighted by Crippen LogP contribution is -2.53. The van der Waals surface area contributed by atoms with E-state index in [-0.39, 0.29) is 6.10 Å². The summed E-state index contributed by atoms with van der Waals surface area (Å²) in [4.78, 5) is 0. The van der Waals surface area contributed by atoms with Gasteiger partial charge in [0, 0.05) is 6.61 Å². The molecule has 4 saturated carbocycles. The Hall–Kier alpha value is -0.0800. The zero-order chi connectivity index (χ0) is 18.4. The topological polar surface area (TPSA) is 40.5 Å². The SMILES string of the molecule is CC12CCC3C(CCC4CC(O)CCC43C)C1CCC2CCCCCO. The van der Waals surface area contributed by atoms with Gasteiger partial charge in [0.2, 0.25) is 0 Å². The molecular formula is C24H42O2. The minimum atomic E-state index is -0.0201. The monoisotopic (exact) mass is 362 g/mol. The lowest BCUT2D eigenvalue weighted by atomic mass is 9.44. The van der Waals surface area contributed by atoms with Gasteiger partial charge in [-0.1, -0.05) is 26.7 Å². The van der Waals surface area contributed by atoms with Crippen molar-refractivity contribution in [1.29, 1.82) is 0 Å². The van der Waals surface area contributed by atoms with Gasteiger partial charge in [-0.25, -0.2) is 0 Å². The number of aliphatic hydroxyl groups excluding tert-OH is 2. The summed E-state index contributed by atoms with van der Waals surface area (Å²) >= 11 is 0. The van der Waals surface area contributed by atoms with E-state index in [0.717, 1.165) is 48.9 Å². The van der Waals surface area contributed by atoms with E-state index in [9.17, 15) is 5.11 Å². The van der Waals surface area contributed by atoms with E-state index >= 15 is 0 Å². The zero-order valence-electron chi connectivity index (χ0n) is 17.3. The minimum absolute atomic E-state index is 0.0201. The number of hydrogen-bond donors (Lipinski definition) is 2. The summed E-state index contributed by atoms with van der Waals surface area (Å²) in [5, 5.41) is 19.2. The molecule has 4 rings (SSSR count). The quantitative estimate of drug-likeness (QED) is 0.629. The third-order valence-electron chi connectivity index (χ3n) is 10.0. The fourth-order valence-corrected chi connectivity index (χ4v) is 8.50. The fourth-order valence-electron chi connectivity index (χ4n) is 8.50. The molecular weight excluding hydrogens is 320 g/mol. The molecule has 26 heavy (non-hydrogen) atoms. The summed E-state index contributed by atoms with van der Waals surface area (Å²) in [6, 6.07) is 0. The van der Waals surface area contributed by atoms with E-state index in [1.807, 2.05) is 0 Å². The Balaban J connectivity index is 1.46. The van der Waals surface area contributed by atoms with Crippen LogP contribution in [-0.2, 0) is 0 Å². The minimum Gasteiger partial charge on any atom is -0.396 e. The van der Waals surface area contributed by atoms with Gasteiger partial charge in [0.25, 0.3) is 0 Å². The maximum atomic E-state index is 10.2. The molecule has 2 N–H and O–H groups in total. The van der Waals surface area contributed by atoms with Crippen molar-refractivity contribution in [3.05, 3.63) is 0 Å². The van der Waals surface area contributed by atoms with Crippen LogP contribution in [-0.4, -0.2) is 22.9 Å². The Morgan fingerprint density at radius 3 is 2.38 bits per heavy atom. The number of unbranched alkanes of at least 4 members (excludes halogenated alkanes) is 2. The second-order valence-electron chi connectivity index (χ2n) is 11.0. The Labute approximate surface area is 161 Å². The molecule has 0 radical (unpaired) electrons. The molecule has 4 aliphatic rings. The van der Waals surface area contributed by atoms with Gasteiger partial charge in [0.15, 0.2) is 0 Å². The van der Waals surface area contributed by atoms with E-state index < -0.39 is 0 Å². The molecule has 4 aliphatic carbocycles. The Kier molecular flexibility index (Phi) is 5.47. The van der Waals surface area contributed by atoms with E-state index in [4.69, 9.17) is 5.11 Å². The third kappa shape index (κ3) is 3.08. The van der Waals surface area contributed by atoms with Crippen LogP contribution in [0.2, 0.25) is 0 Å². The lowest BCUT2D eigenvalue weighted by Gasteiger charge is -2.61. The van der Waals surface area contributed by atoms with Crippen LogP contribution in [0.3, 0.4) is 0 Å². The first kappa shape index (κ1) is 19.2. The maximum absolute atomic E-state index is 10.2. The molecule has 4 fully saturated rings. The zero-order valence-corrected chi connectivity index (χ0v) is 17.3. The van der Waals surface area contributed by atoms with Crippen molar-refractivity contribution in [2.45, 2.75) is 103 Å². The molecule has 0 aliphatic heterocycles. The van der Waals surface area contributed by atoms with Gasteiger partial charge in [-0.2, -0.15) is 0 Å². The van der Waals surface area contributed by atoms with Crippen LogP contribution in [0.1, 0.15) is 97.3 Å². The predicted octanol–water partition coefficient (Wildman–Crippen LogP) is 5.56. The van der Waals surface area contributed by atoms with Gasteiger partial charge in [0.1, 0.15) is 0 Å². The largest absolute Gasteiger partial charge is 0.396 e. The Morgan fingerprint density at radius 1 is 0.808 bits per heavy atom. The van der Waals surface area contributed by atoms with Crippen LogP contribution in [0.5, 0.6) is 0 Å². The molecule has 0 spiro atoms. The van der Waals surface area contributed by atoms with Crippen LogP contribution in [0, 0.1) is 40.4 Å². The van der Waals surface area contributed by atoms with Crippen molar-refractivity contribution >= 4 is 0 Å². The summed E-state index contributed by atoms with van der Waals surface area (Å²) in [5.41, 5.74) is 1.11. The van der Waals surface area contributed by atoms with Gasteiger partial charge >= 0.3 is 0 Å². The molecule has 8 unspecified atom stereocenters.